The first kappa shape index (κ1) is 50.9. The van der Waals surface area contributed by atoms with Crippen LogP contribution < -0.4 is 14.8 Å². The fourth-order valence-corrected chi connectivity index (χ4v) is 8.92. The molecule has 0 bridgehead atoms. The Morgan fingerprint density at radius 2 is 1.52 bits per heavy atom. The molecule has 0 radical (unpaired) electrons. The minimum absolute atomic E-state index is 0.0000327. The van der Waals surface area contributed by atoms with Gasteiger partial charge in [-0.2, -0.15) is 0 Å². The number of Topliss-reactive ketones (excluding diaryl/α,β-unsaturated/α-hetero) is 1. The Morgan fingerprint density at radius 1 is 0.821 bits per heavy atom. The summed E-state index contributed by atoms with van der Waals surface area (Å²) in [5.74, 6) is 0.192. The molecule has 5 aromatic rings. The van der Waals surface area contributed by atoms with Crippen LogP contribution in [0.15, 0.2) is 90.7 Å². The van der Waals surface area contributed by atoms with Crippen LogP contribution in [0.3, 0.4) is 0 Å². The molecule has 6 rings (SSSR count). The third-order valence-corrected chi connectivity index (χ3v) is 13.0. The fraction of sp³-hybridized carbons (Fsp3) is 0.472. The monoisotopic (exact) mass is 933 g/mol. The van der Waals surface area contributed by atoms with Gasteiger partial charge < -0.3 is 34.3 Å². The minimum Gasteiger partial charge on any atom is -0.497 e. The van der Waals surface area contributed by atoms with Gasteiger partial charge in [-0.15, -0.1) is 11.3 Å². The molecular weight excluding hydrogens is 867 g/mol. The maximum absolute atomic E-state index is 14.0. The SMILES string of the molecule is COc1ccc(Cc2cc(-c3cccc(OCCCCCOCCCCCOCC(=O)C[C@H](C(=O)N4C[C@H](O)C[C@H]4C(=O)NCc4ccc(-c5scnc5C)cc4)C(C)(C)C)c3)ncn2)cc1. The van der Waals surface area contributed by atoms with Gasteiger partial charge in [0.2, 0.25) is 11.8 Å². The van der Waals surface area contributed by atoms with E-state index in [0.717, 1.165) is 94.2 Å². The van der Waals surface area contributed by atoms with E-state index < -0.39 is 23.5 Å². The molecule has 2 amide bonds. The molecule has 2 N–H and O–H groups in total. The van der Waals surface area contributed by atoms with Gasteiger partial charge in [0, 0.05) is 69.3 Å². The molecule has 0 spiro atoms. The molecule has 2 aromatic heterocycles. The van der Waals surface area contributed by atoms with Crippen LogP contribution in [0, 0.1) is 18.3 Å². The van der Waals surface area contributed by atoms with Crippen molar-refractivity contribution in [2.24, 2.45) is 11.3 Å². The van der Waals surface area contributed by atoms with Crippen LogP contribution in [-0.2, 0) is 36.8 Å². The average molecular weight is 934 g/mol. The van der Waals surface area contributed by atoms with Gasteiger partial charge in [0.25, 0.3) is 0 Å². The largest absolute Gasteiger partial charge is 0.497 e. The van der Waals surface area contributed by atoms with Crippen molar-refractivity contribution in [1.82, 2.24) is 25.2 Å². The van der Waals surface area contributed by atoms with E-state index in [4.69, 9.17) is 18.9 Å². The van der Waals surface area contributed by atoms with Crippen molar-refractivity contribution in [1.29, 1.82) is 0 Å². The molecule has 358 valence electrons. The number of carbonyl (C=O) groups is 3. The number of nitrogens with zero attached hydrogens (tertiary/aromatic N) is 4. The molecule has 1 aliphatic heterocycles. The number of ether oxygens (including phenoxy) is 4. The molecule has 1 fully saturated rings. The van der Waals surface area contributed by atoms with Gasteiger partial charge in [0.05, 0.1) is 41.6 Å². The number of nitrogens with one attached hydrogen (secondary N) is 1. The molecule has 3 atom stereocenters. The highest BCUT2D eigenvalue weighted by Gasteiger charge is 2.44. The number of likely N-dealkylation sites (tertiary alicyclic amines) is 1. The smallest absolute Gasteiger partial charge is 0.243 e. The maximum atomic E-state index is 14.0. The van der Waals surface area contributed by atoms with Crippen LogP contribution in [-0.4, -0.2) is 101 Å². The first-order valence-corrected chi connectivity index (χ1v) is 24.4. The van der Waals surface area contributed by atoms with Crippen LogP contribution >= 0.6 is 11.3 Å². The second kappa shape index (κ2) is 25.6. The molecule has 3 aromatic carbocycles. The van der Waals surface area contributed by atoms with Crippen LogP contribution in [0.1, 0.15) is 94.7 Å². The summed E-state index contributed by atoms with van der Waals surface area (Å²) in [5, 5.41) is 13.5. The van der Waals surface area contributed by atoms with Crippen LogP contribution in [0.2, 0.25) is 0 Å². The first-order valence-electron chi connectivity index (χ1n) is 23.5. The van der Waals surface area contributed by atoms with E-state index in [9.17, 15) is 19.5 Å². The zero-order chi connectivity index (χ0) is 47.6. The summed E-state index contributed by atoms with van der Waals surface area (Å²) < 4.78 is 22.9. The Kier molecular flexibility index (Phi) is 19.4. The number of thiazole rings is 1. The molecule has 0 aliphatic carbocycles. The van der Waals surface area contributed by atoms with Gasteiger partial charge >= 0.3 is 0 Å². The highest BCUT2D eigenvalue weighted by molar-refractivity contribution is 7.13. The molecule has 1 saturated heterocycles. The Balaban J connectivity index is 0.806. The fourth-order valence-electron chi connectivity index (χ4n) is 8.11. The number of benzene rings is 3. The number of hydrogen-bond acceptors (Lipinski definition) is 12. The van der Waals surface area contributed by atoms with Crippen molar-refractivity contribution < 1.29 is 38.4 Å². The number of aromatic nitrogens is 3. The van der Waals surface area contributed by atoms with E-state index in [1.165, 1.54) is 4.90 Å². The van der Waals surface area contributed by atoms with Crippen molar-refractivity contribution >= 4 is 28.9 Å². The lowest BCUT2D eigenvalue weighted by molar-refractivity contribution is -0.146. The number of ketones is 1. The number of aryl methyl sites for hydroxylation is 1. The van der Waals surface area contributed by atoms with Crippen molar-refractivity contribution in [2.45, 2.75) is 104 Å². The third-order valence-electron chi connectivity index (χ3n) is 12.0. The molecule has 0 unspecified atom stereocenters. The van der Waals surface area contributed by atoms with Gasteiger partial charge in [0.15, 0.2) is 5.78 Å². The van der Waals surface area contributed by atoms with E-state index in [0.29, 0.717) is 32.8 Å². The zero-order valence-corrected chi connectivity index (χ0v) is 40.5. The third kappa shape index (κ3) is 15.8. The standard InChI is InChI=1S/C53H67N5O8S/c1-37-50(67-36-57-37)40-19-15-39(16-20-40)32-54-51(61)49-31-43(59)33-58(49)52(62)47(53(2,3)4)30-44(60)34-65-25-10-6-8-23-64-24-9-7-11-26-66-46-14-12-13-41(28-46)48-29-42(55-35-56-48)27-38-17-21-45(63-5)22-18-38/h12-22,28-29,35-36,43,47,49,59H,6-11,23-27,30-34H2,1-5H3,(H,54,61)/t43-,47-,49+/m1/s1. The number of methoxy groups -OCH3 is 1. The molecule has 13 nitrogen and oxygen atoms in total. The lowest BCUT2D eigenvalue weighted by Gasteiger charge is -2.34. The lowest BCUT2D eigenvalue weighted by atomic mass is 9.77. The Labute approximate surface area is 399 Å². The number of aliphatic hydroxyl groups is 1. The normalized spacial score (nSPS) is 15.3. The van der Waals surface area contributed by atoms with E-state index in [2.05, 4.69) is 20.3 Å². The minimum atomic E-state index is -0.822. The Bertz CT molecular complexity index is 2330. The maximum Gasteiger partial charge on any atom is 0.243 e. The summed E-state index contributed by atoms with van der Waals surface area (Å²) >= 11 is 1.59. The van der Waals surface area contributed by atoms with Crippen molar-refractivity contribution in [3.05, 3.63) is 113 Å². The number of hydrogen-bond donors (Lipinski definition) is 2. The van der Waals surface area contributed by atoms with Gasteiger partial charge in [0.1, 0.15) is 30.5 Å². The van der Waals surface area contributed by atoms with Crippen LogP contribution in [0.4, 0.5) is 0 Å². The predicted octanol–water partition coefficient (Wildman–Crippen LogP) is 8.83. The Hall–Kier alpha value is -5.54. The summed E-state index contributed by atoms with van der Waals surface area (Å²) in [6, 6.07) is 25.2. The summed E-state index contributed by atoms with van der Waals surface area (Å²) in [4.78, 5) is 56.4. The topological polar surface area (TPSA) is 162 Å². The van der Waals surface area contributed by atoms with Gasteiger partial charge in [-0.25, -0.2) is 15.0 Å². The predicted molar refractivity (Wildman–Crippen MR) is 261 cm³/mol. The second-order valence-electron chi connectivity index (χ2n) is 18.3. The molecule has 3 heterocycles. The number of rotatable bonds is 26. The van der Waals surface area contributed by atoms with E-state index in [1.807, 2.05) is 112 Å². The average Bonchev–Trinajstić information content (AvgIpc) is 3.95. The number of aliphatic hydroxyl groups excluding tert-OH is 1. The van der Waals surface area contributed by atoms with E-state index in [-0.39, 0.29) is 50.1 Å². The number of carbonyl (C=O) groups excluding carboxylic acids is 3. The van der Waals surface area contributed by atoms with Gasteiger partial charge in [-0.1, -0.05) is 69.3 Å². The summed E-state index contributed by atoms with van der Waals surface area (Å²) in [6.45, 7) is 10.4. The van der Waals surface area contributed by atoms with Crippen molar-refractivity contribution in [3.8, 4) is 33.2 Å². The molecule has 1 aliphatic rings. The van der Waals surface area contributed by atoms with E-state index in [1.54, 1.807) is 24.8 Å². The quantitative estimate of drug-likeness (QED) is 0.0510. The van der Waals surface area contributed by atoms with Gasteiger partial charge in [-0.05, 0) is 97.9 Å². The second-order valence-corrected chi connectivity index (χ2v) is 19.2. The van der Waals surface area contributed by atoms with E-state index >= 15 is 0 Å². The first-order chi connectivity index (χ1) is 32.4. The highest BCUT2D eigenvalue weighted by atomic mass is 32.1. The summed E-state index contributed by atoms with van der Waals surface area (Å²) in [5.41, 5.74) is 8.17. The lowest BCUT2D eigenvalue weighted by Crippen LogP contribution is -2.50. The molecule has 67 heavy (non-hydrogen) atoms. The highest BCUT2D eigenvalue weighted by Crippen LogP contribution is 2.34. The van der Waals surface area contributed by atoms with Crippen LogP contribution in [0.25, 0.3) is 21.7 Å². The van der Waals surface area contributed by atoms with Crippen LogP contribution in [0.5, 0.6) is 11.5 Å². The van der Waals surface area contributed by atoms with Crippen molar-refractivity contribution in [2.75, 3.05) is 46.7 Å². The number of amides is 2. The summed E-state index contributed by atoms with van der Waals surface area (Å²) in [7, 11) is 1.66. The van der Waals surface area contributed by atoms with Gasteiger partial charge in [-0.3, -0.25) is 14.4 Å². The molecule has 0 saturated carbocycles. The summed E-state index contributed by atoms with van der Waals surface area (Å²) in [6.07, 6.45) is 7.16. The Morgan fingerprint density at radius 3 is 2.21 bits per heavy atom. The molecule has 14 heteroatoms. The number of β-amino-alcohol motifs (C(OH)–C–C–N with tert-alkyl or cyclic N) is 1. The zero-order valence-electron chi connectivity index (χ0n) is 39.7. The molecular formula is C53H67N5O8S. The van der Waals surface area contributed by atoms with Crippen molar-refractivity contribution in [3.63, 3.8) is 0 Å². The number of unbranched alkanes of at least 4 members (excludes halogenated alkanes) is 4.